The van der Waals surface area contributed by atoms with Crippen LogP contribution in [0.5, 0.6) is 0 Å². The van der Waals surface area contributed by atoms with Gasteiger partial charge in [0.2, 0.25) is 0 Å². The van der Waals surface area contributed by atoms with Crippen molar-refractivity contribution >= 4 is 11.9 Å². The summed E-state index contributed by atoms with van der Waals surface area (Å²) in [6.45, 7) is 2.01. The quantitative estimate of drug-likeness (QED) is 0.802. The Morgan fingerprint density at radius 2 is 2.10 bits per heavy atom. The van der Waals surface area contributed by atoms with Gasteiger partial charge >= 0.3 is 11.9 Å². The zero-order valence-corrected chi connectivity index (χ0v) is 11.5. The highest BCUT2D eigenvalue weighted by molar-refractivity contribution is 5.89. The molecule has 0 fully saturated rings. The number of hydrogen-bond acceptors (Lipinski definition) is 5. The van der Waals surface area contributed by atoms with Crippen molar-refractivity contribution < 1.29 is 23.5 Å². The van der Waals surface area contributed by atoms with Gasteiger partial charge in [-0.2, -0.15) is 0 Å². The second kappa shape index (κ2) is 7.59. The van der Waals surface area contributed by atoms with E-state index in [-0.39, 0.29) is 30.7 Å². The van der Waals surface area contributed by atoms with Gasteiger partial charge in [0.05, 0.1) is 25.7 Å². The van der Waals surface area contributed by atoms with E-state index >= 15 is 0 Å². The van der Waals surface area contributed by atoms with Gasteiger partial charge in [0.25, 0.3) is 0 Å². The van der Waals surface area contributed by atoms with Crippen LogP contribution in [-0.4, -0.2) is 32.2 Å². The third kappa shape index (κ3) is 3.77. The van der Waals surface area contributed by atoms with Crippen molar-refractivity contribution in [1.29, 1.82) is 0 Å². The van der Waals surface area contributed by atoms with Crippen LogP contribution in [-0.2, 0) is 14.3 Å². The molecule has 0 aliphatic carbocycles. The van der Waals surface area contributed by atoms with Crippen LogP contribution in [0.15, 0.2) is 18.2 Å². The molecule has 0 aliphatic rings. The Labute approximate surface area is 116 Å². The van der Waals surface area contributed by atoms with Gasteiger partial charge in [-0.05, 0) is 25.1 Å². The number of methoxy groups -OCH3 is 1. The molecule has 0 saturated carbocycles. The van der Waals surface area contributed by atoms with Gasteiger partial charge in [-0.1, -0.05) is 12.1 Å². The Hall–Kier alpha value is -1.95. The van der Waals surface area contributed by atoms with Crippen molar-refractivity contribution in [2.45, 2.75) is 19.3 Å². The largest absolute Gasteiger partial charge is 0.466 e. The van der Waals surface area contributed by atoms with E-state index in [0.29, 0.717) is 0 Å². The van der Waals surface area contributed by atoms with Crippen molar-refractivity contribution in [3.8, 4) is 0 Å². The lowest BCUT2D eigenvalue weighted by Gasteiger charge is -2.16. The summed E-state index contributed by atoms with van der Waals surface area (Å²) in [6, 6.07) is 4.35. The molecule has 1 aromatic carbocycles. The molecule has 0 heterocycles. The van der Waals surface area contributed by atoms with E-state index in [2.05, 4.69) is 4.74 Å². The maximum atomic E-state index is 14.3. The summed E-state index contributed by atoms with van der Waals surface area (Å²) in [5.41, 5.74) is 5.62. The molecule has 20 heavy (non-hydrogen) atoms. The first-order chi connectivity index (χ1) is 9.54. The summed E-state index contributed by atoms with van der Waals surface area (Å²) in [4.78, 5) is 22.9. The highest BCUT2D eigenvalue weighted by Crippen LogP contribution is 2.24. The second-order valence-corrected chi connectivity index (χ2v) is 4.14. The van der Waals surface area contributed by atoms with E-state index in [1.54, 1.807) is 6.92 Å². The molecule has 1 aromatic rings. The maximum absolute atomic E-state index is 14.3. The Kier molecular flexibility index (Phi) is 6.11. The molecule has 1 rings (SSSR count). The Bertz CT molecular complexity index is 490. The van der Waals surface area contributed by atoms with Gasteiger partial charge in [-0.3, -0.25) is 4.79 Å². The van der Waals surface area contributed by atoms with E-state index in [1.165, 1.54) is 25.3 Å². The van der Waals surface area contributed by atoms with E-state index in [9.17, 15) is 14.0 Å². The van der Waals surface area contributed by atoms with Crippen LogP contribution in [0.3, 0.4) is 0 Å². The maximum Gasteiger partial charge on any atom is 0.340 e. The van der Waals surface area contributed by atoms with Crippen LogP contribution >= 0.6 is 0 Å². The number of carbonyl (C=O) groups excluding carboxylic acids is 2. The summed E-state index contributed by atoms with van der Waals surface area (Å²) in [5.74, 6) is -2.47. The zero-order valence-electron chi connectivity index (χ0n) is 11.5. The third-order valence-electron chi connectivity index (χ3n) is 2.88. The monoisotopic (exact) mass is 283 g/mol. The number of carbonyl (C=O) groups is 2. The smallest absolute Gasteiger partial charge is 0.340 e. The molecule has 5 nitrogen and oxygen atoms in total. The third-order valence-corrected chi connectivity index (χ3v) is 2.88. The molecular formula is C14H18FNO4. The molecule has 6 heteroatoms. The highest BCUT2D eigenvalue weighted by atomic mass is 19.1. The standard InChI is InChI=1S/C14H18FNO4/c1-3-20-12(17)7-9(8-16)10-5-4-6-11(13(10)15)14(18)19-2/h4-6,9H,3,7-8,16H2,1-2H3. The van der Waals surface area contributed by atoms with Crippen LogP contribution in [0, 0.1) is 5.82 Å². The molecule has 0 aliphatic heterocycles. The van der Waals surface area contributed by atoms with E-state index in [4.69, 9.17) is 10.5 Å². The number of hydrogen-bond donors (Lipinski definition) is 1. The van der Waals surface area contributed by atoms with Gasteiger partial charge in [0, 0.05) is 5.92 Å². The van der Waals surface area contributed by atoms with Crippen molar-refractivity contribution in [2.75, 3.05) is 20.3 Å². The Balaban J connectivity index is 3.04. The van der Waals surface area contributed by atoms with Crippen LogP contribution < -0.4 is 5.73 Å². The number of esters is 2. The van der Waals surface area contributed by atoms with Crippen LogP contribution in [0.4, 0.5) is 4.39 Å². The Morgan fingerprint density at radius 3 is 2.65 bits per heavy atom. The normalized spacial score (nSPS) is 11.8. The molecule has 1 unspecified atom stereocenters. The van der Waals surface area contributed by atoms with Gasteiger partial charge in [-0.25, -0.2) is 9.18 Å². The first kappa shape index (κ1) is 16.1. The number of benzene rings is 1. The van der Waals surface area contributed by atoms with Crippen molar-refractivity contribution in [3.63, 3.8) is 0 Å². The lowest BCUT2D eigenvalue weighted by Crippen LogP contribution is -2.20. The van der Waals surface area contributed by atoms with E-state index < -0.39 is 23.7 Å². The Morgan fingerprint density at radius 1 is 1.40 bits per heavy atom. The van der Waals surface area contributed by atoms with Gasteiger partial charge in [-0.15, -0.1) is 0 Å². The first-order valence-corrected chi connectivity index (χ1v) is 6.27. The molecule has 0 aromatic heterocycles. The summed E-state index contributed by atoms with van der Waals surface area (Å²) in [5, 5.41) is 0. The number of ether oxygens (including phenoxy) is 2. The van der Waals surface area contributed by atoms with Crippen molar-refractivity contribution in [2.24, 2.45) is 5.73 Å². The summed E-state index contributed by atoms with van der Waals surface area (Å²) >= 11 is 0. The SMILES string of the molecule is CCOC(=O)CC(CN)c1cccc(C(=O)OC)c1F. The summed E-state index contributed by atoms with van der Waals surface area (Å²) in [6.07, 6.45) is -0.0358. The van der Waals surface area contributed by atoms with Crippen LogP contribution in [0.1, 0.15) is 35.2 Å². The molecule has 0 bridgehead atoms. The fourth-order valence-electron chi connectivity index (χ4n) is 1.87. The molecule has 0 radical (unpaired) electrons. The van der Waals surface area contributed by atoms with E-state index in [1.807, 2.05) is 0 Å². The van der Waals surface area contributed by atoms with Crippen LogP contribution in [0.2, 0.25) is 0 Å². The lowest BCUT2D eigenvalue weighted by molar-refractivity contribution is -0.143. The molecule has 0 saturated heterocycles. The predicted octanol–water partition coefficient (Wildman–Crippen LogP) is 1.61. The molecule has 110 valence electrons. The van der Waals surface area contributed by atoms with Gasteiger partial charge in [0.1, 0.15) is 5.82 Å². The predicted molar refractivity (Wildman–Crippen MR) is 70.8 cm³/mol. The number of rotatable bonds is 6. The van der Waals surface area contributed by atoms with E-state index in [0.717, 1.165) is 0 Å². The minimum absolute atomic E-state index is 0.0358. The summed E-state index contributed by atoms with van der Waals surface area (Å²) in [7, 11) is 1.17. The van der Waals surface area contributed by atoms with Gasteiger partial charge < -0.3 is 15.2 Å². The number of nitrogens with two attached hydrogens (primary N) is 1. The highest BCUT2D eigenvalue weighted by Gasteiger charge is 2.22. The lowest BCUT2D eigenvalue weighted by atomic mass is 9.93. The molecule has 1 atom stereocenters. The topological polar surface area (TPSA) is 78.6 Å². The first-order valence-electron chi connectivity index (χ1n) is 6.27. The van der Waals surface area contributed by atoms with Crippen molar-refractivity contribution in [1.82, 2.24) is 0 Å². The zero-order chi connectivity index (χ0) is 15.1. The number of halogens is 1. The molecule has 0 amide bonds. The molecule has 2 N–H and O–H groups in total. The second-order valence-electron chi connectivity index (χ2n) is 4.14. The average Bonchev–Trinajstić information content (AvgIpc) is 2.45. The molecular weight excluding hydrogens is 265 g/mol. The minimum atomic E-state index is -0.767. The average molecular weight is 283 g/mol. The fraction of sp³-hybridized carbons (Fsp3) is 0.429. The minimum Gasteiger partial charge on any atom is -0.466 e. The fourth-order valence-corrected chi connectivity index (χ4v) is 1.87. The van der Waals surface area contributed by atoms with Crippen LogP contribution in [0.25, 0.3) is 0 Å². The summed E-state index contributed by atoms with van der Waals surface area (Å²) < 4.78 is 23.6. The van der Waals surface area contributed by atoms with Crippen molar-refractivity contribution in [3.05, 3.63) is 35.1 Å². The molecule has 0 spiro atoms. The van der Waals surface area contributed by atoms with Gasteiger partial charge in [0.15, 0.2) is 0 Å².